The standard InChI is InChI=1S/C21H20O7/c1-11(2)4-6-13-16(26-3)9-17-19(20(13)24)21(25)18(10-27-17)28-15-7-5-12(22)8-14(15)23/h4-5,7-10,22-24H,6H2,1-3H3. The van der Waals surface area contributed by atoms with Crippen LogP contribution in [0, 0.1) is 0 Å². The van der Waals surface area contributed by atoms with Crippen molar-refractivity contribution in [2.24, 2.45) is 0 Å². The Kier molecular flexibility index (Phi) is 5.17. The maximum atomic E-state index is 12.9. The summed E-state index contributed by atoms with van der Waals surface area (Å²) >= 11 is 0. The largest absolute Gasteiger partial charge is 0.508 e. The van der Waals surface area contributed by atoms with E-state index in [1.54, 1.807) is 0 Å². The molecule has 0 radical (unpaired) electrons. The van der Waals surface area contributed by atoms with Crippen molar-refractivity contribution in [1.82, 2.24) is 0 Å². The number of phenols is 3. The minimum absolute atomic E-state index is 0.0396. The Hall–Kier alpha value is -3.61. The summed E-state index contributed by atoms with van der Waals surface area (Å²) in [5.74, 6) is -0.604. The van der Waals surface area contributed by atoms with E-state index < -0.39 is 5.43 Å². The van der Waals surface area contributed by atoms with Crippen molar-refractivity contribution >= 4 is 11.0 Å². The number of aromatic hydroxyl groups is 3. The third kappa shape index (κ3) is 3.59. The molecule has 0 spiro atoms. The Bertz CT molecular complexity index is 1120. The number of phenolic OH excluding ortho intramolecular Hbond substituents is 3. The van der Waals surface area contributed by atoms with E-state index in [0.717, 1.165) is 17.9 Å². The van der Waals surface area contributed by atoms with Gasteiger partial charge in [0.05, 0.1) is 7.11 Å². The van der Waals surface area contributed by atoms with Crippen LogP contribution in [0.5, 0.6) is 34.5 Å². The molecule has 0 bridgehead atoms. The Morgan fingerprint density at radius 1 is 1.11 bits per heavy atom. The van der Waals surface area contributed by atoms with Gasteiger partial charge in [-0.3, -0.25) is 4.79 Å². The maximum absolute atomic E-state index is 12.9. The quantitative estimate of drug-likeness (QED) is 0.565. The molecule has 0 aliphatic heterocycles. The predicted octanol–water partition coefficient (Wildman–Crippen LogP) is 4.22. The number of ether oxygens (including phenoxy) is 2. The second-order valence-electron chi connectivity index (χ2n) is 6.45. The summed E-state index contributed by atoms with van der Waals surface area (Å²) in [6.07, 6.45) is 3.36. The second kappa shape index (κ2) is 7.56. The van der Waals surface area contributed by atoms with Gasteiger partial charge in [-0.2, -0.15) is 0 Å². The molecule has 1 heterocycles. The van der Waals surface area contributed by atoms with E-state index in [4.69, 9.17) is 13.9 Å². The van der Waals surface area contributed by atoms with Crippen molar-refractivity contribution in [3.05, 3.63) is 58.0 Å². The van der Waals surface area contributed by atoms with Crippen LogP contribution in [0.3, 0.4) is 0 Å². The van der Waals surface area contributed by atoms with Gasteiger partial charge in [0, 0.05) is 17.7 Å². The van der Waals surface area contributed by atoms with E-state index in [2.05, 4.69) is 0 Å². The minimum Gasteiger partial charge on any atom is -0.508 e. The van der Waals surface area contributed by atoms with Crippen molar-refractivity contribution in [1.29, 1.82) is 0 Å². The number of fused-ring (bicyclic) bond motifs is 1. The molecule has 1 aromatic heterocycles. The molecule has 0 unspecified atom stereocenters. The lowest BCUT2D eigenvalue weighted by molar-refractivity contribution is 0.391. The van der Waals surface area contributed by atoms with E-state index in [0.29, 0.717) is 17.7 Å². The lowest BCUT2D eigenvalue weighted by Gasteiger charge is -2.13. The Morgan fingerprint density at radius 3 is 2.50 bits per heavy atom. The zero-order chi connectivity index (χ0) is 20.4. The lowest BCUT2D eigenvalue weighted by atomic mass is 10.0. The number of hydrogen-bond donors (Lipinski definition) is 3. The van der Waals surface area contributed by atoms with Crippen LogP contribution in [-0.2, 0) is 6.42 Å². The molecule has 0 aliphatic carbocycles. The van der Waals surface area contributed by atoms with Gasteiger partial charge >= 0.3 is 0 Å². The summed E-state index contributed by atoms with van der Waals surface area (Å²) in [6, 6.07) is 5.23. The predicted molar refractivity (Wildman–Crippen MR) is 104 cm³/mol. The van der Waals surface area contributed by atoms with Crippen LogP contribution in [0.4, 0.5) is 0 Å². The molecule has 7 nitrogen and oxygen atoms in total. The van der Waals surface area contributed by atoms with E-state index in [-0.39, 0.29) is 39.7 Å². The van der Waals surface area contributed by atoms with Crippen LogP contribution < -0.4 is 14.9 Å². The number of hydrogen-bond acceptors (Lipinski definition) is 7. The number of allylic oxidation sites excluding steroid dienone is 2. The van der Waals surface area contributed by atoms with E-state index in [1.807, 2.05) is 19.9 Å². The topological polar surface area (TPSA) is 109 Å². The highest BCUT2D eigenvalue weighted by atomic mass is 16.5. The van der Waals surface area contributed by atoms with E-state index in [9.17, 15) is 20.1 Å². The SMILES string of the molecule is COc1cc2occ(Oc3ccc(O)cc3O)c(=O)c2c(O)c1CC=C(C)C. The molecule has 2 aromatic carbocycles. The highest BCUT2D eigenvalue weighted by Crippen LogP contribution is 2.37. The summed E-state index contributed by atoms with van der Waals surface area (Å²) in [4.78, 5) is 12.9. The van der Waals surface area contributed by atoms with Crippen molar-refractivity contribution < 1.29 is 29.2 Å². The van der Waals surface area contributed by atoms with Crippen LogP contribution in [-0.4, -0.2) is 22.4 Å². The first kappa shape index (κ1) is 19.2. The first-order valence-corrected chi connectivity index (χ1v) is 8.49. The molecule has 3 aromatic rings. The fourth-order valence-electron chi connectivity index (χ4n) is 2.74. The monoisotopic (exact) mass is 384 g/mol. The summed E-state index contributed by atoms with van der Waals surface area (Å²) in [5.41, 5.74) is 1.04. The van der Waals surface area contributed by atoms with Crippen molar-refractivity contribution in [3.63, 3.8) is 0 Å². The molecule has 0 aliphatic rings. The highest BCUT2D eigenvalue weighted by molar-refractivity contribution is 5.87. The minimum atomic E-state index is -0.604. The first-order chi connectivity index (χ1) is 13.3. The number of benzene rings is 2. The summed E-state index contributed by atoms with van der Waals surface area (Å²) in [7, 11) is 1.47. The highest BCUT2D eigenvalue weighted by Gasteiger charge is 2.20. The van der Waals surface area contributed by atoms with Gasteiger partial charge in [-0.25, -0.2) is 0 Å². The van der Waals surface area contributed by atoms with Crippen molar-refractivity contribution in [2.75, 3.05) is 7.11 Å². The van der Waals surface area contributed by atoms with Gasteiger partial charge in [0.15, 0.2) is 11.5 Å². The third-order valence-corrected chi connectivity index (χ3v) is 4.17. The van der Waals surface area contributed by atoms with E-state index >= 15 is 0 Å². The molecule has 146 valence electrons. The molecular weight excluding hydrogens is 364 g/mol. The van der Waals surface area contributed by atoms with Gasteiger partial charge in [0.2, 0.25) is 11.2 Å². The average molecular weight is 384 g/mol. The average Bonchev–Trinajstić information content (AvgIpc) is 2.64. The van der Waals surface area contributed by atoms with Crippen LogP contribution in [0.25, 0.3) is 11.0 Å². The zero-order valence-electron chi connectivity index (χ0n) is 15.6. The molecule has 0 saturated carbocycles. The molecule has 7 heteroatoms. The fourth-order valence-corrected chi connectivity index (χ4v) is 2.74. The Labute approximate surface area is 160 Å². The lowest BCUT2D eigenvalue weighted by Crippen LogP contribution is -2.07. The Balaban J connectivity index is 2.15. The molecule has 0 atom stereocenters. The molecule has 28 heavy (non-hydrogen) atoms. The fraction of sp³-hybridized carbons (Fsp3) is 0.190. The van der Waals surface area contributed by atoms with Gasteiger partial charge in [-0.15, -0.1) is 0 Å². The maximum Gasteiger partial charge on any atom is 0.238 e. The molecule has 3 N–H and O–H groups in total. The van der Waals surface area contributed by atoms with Crippen LogP contribution >= 0.6 is 0 Å². The first-order valence-electron chi connectivity index (χ1n) is 8.49. The number of methoxy groups -OCH3 is 1. The number of rotatable bonds is 5. The van der Waals surface area contributed by atoms with Gasteiger partial charge in [-0.1, -0.05) is 11.6 Å². The van der Waals surface area contributed by atoms with Gasteiger partial charge < -0.3 is 29.2 Å². The second-order valence-corrected chi connectivity index (χ2v) is 6.45. The smallest absolute Gasteiger partial charge is 0.238 e. The summed E-state index contributed by atoms with van der Waals surface area (Å²) in [6.45, 7) is 3.85. The van der Waals surface area contributed by atoms with Crippen LogP contribution in [0.1, 0.15) is 19.4 Å². The normalized spacial score (nSPS) is 10.7. The van der Waals surface area contributed by atoms with Gasteiger partial charge in [-0.05, 0) is 32.4 Å². The van der Waals surface area contributed by atoms with Crippen molar-refractivity contribution in [3.8, 4) is 34.5 Å². The van der Waals surface area contributed by atoms with E-state index in [1.165, 1.54) is 25.3 Å². The van der Waals surface area contributed by atoms with Crippen LogP contribution in [0.2, 0.25) is 0 Å². The molecule has 3 rings (SSSR count). The summed E-state index contributed by atoms with van der Waals surface area (Å²) < 4.78 is 16.2. The Morgan fingerprint density at radius 2 is 1.86 bits per heavy atom. The van der Waals surface area contributed by atoms with Gasteiger partial charge in [0.25, 0.3) is 0 Å². The van der Waals surface area contributed by atoms with Crippen molar-refractivity contribution in [2.45, 2.75) is 20.3 Å². The molecule has 0 amide bonds. The molecule has 0 saturated heterocycles. The van der Waals surface area contributed by atoms with Gasteiger partial charge in [0.1, 0.15) is 34.5 Å². The van der Waals surface area contributed by atoms with Crippen LogP contribution in [0.15, 0.2) is 51.4 Å². The summed E-state index contributed by atoms with van der Waals surface area (Å²) in [5, 5.41) is 29.9. The third-order valence-electron chi connectivity index (χ3n) is 4.17. The molecular formula is C21H20O7. The molecule has 0 fully saturated rings. The zero-order valence-corrected chi connectivity index (χ0v) is 15.6.